The second-order valence-electron chi connectivity index (χ2n) is 6.20. The van der Waals surface area contributed by atoms with Crippen LogP contribution in [-0.4, -0.2) is 33.2 Å². The van der Waals surface area contributed by atoms with Gasteiger partial charge in [-0.15, -0.1) is 5.10 Å². The molecule has 0 spiro atoms. The predicted octanol–water partition coefficient (Wildman–Crippen LogP) is 2.99. The maximum Gasteiger partial charge on any atom is 0.245 e. The summed E-state index contributed by atoms with van der Waals surface area (Å²) >= 11 is 3.44. The standard InChI is InChI=1S/C19H19BrFN5O2/c1-12-23-24-25-26(12)17(10-13-3-6-15(21)7-4-13)19(27)22-11-14-5-8-18(28-2)16(20)9-14/h3-9,17H,10-11H2,1-2H3,(H,22,27). The number of rotatable bonds is 7. The van der Waals surface area contributed by atoms with Crippen molar-refractivity contribution in [3.8, 4) is 5.75 Å². The summed E-state index contributed by atoms with van der Waals surface area (Å²) in [5.41, 5.74) is 1.72. The molecule has 0 aliphatic rings. The summed E-state index contributed by atoms with van der Waals surface area (Å²) in [5, 5.41) is 14.4. The van der Waals surface area contributed by atoms with E-state index in [1.807, 2.05) is 18.2 Å². The number of hydrogen-bond acceptors (Lipinski definition) is 5. The minimum Gasteiger partial charge on any atom is -0.496 e. The Balaban J connectivity index is 1.75. The van der Waals surface area contributed by atoms with Gasteiger partial charge >= 0.3 is 0 Å². The molecule has 3 aromatic rings. The Morgan fingerprint density at radius 3 is 2.57 bits per heavy atom. The van der Waals surface area contributed by atoms with Crippen molar-refractivity contribution in [1.82, 2.24) is 25.5 Å². The number of methoxy groups -OCH3 is 1. The lowest BCUT2D eigenvalue weighted by Gasteiger charge is -2.18. The quantitative estimate of drug-likeness (QED) is 0.601. The molecule has 0 fully saturated rings. The highest BCUT2D eigenvalue weighted by Crippen LogP contribution is 2.25. The molecule has 1 heterocycles. The highest BCUT2D eigenvalue weighted by atomic mass is 79.9. The molecule has 0 radical (unpaired) electrons. The normalized spacial score (nSPS) is 11.9. The third-order valence-electron chi connectivity index (χ3n) is 4.28. The molecule has 1 unspecified atom stereocenters. The van der Waals surface area contributed by atoms with Gasteiger partial charge in [-0.1, -0.05) is 18.2 Å². The fourth-order valence-corrected chi connectivity index (χ4v) is 3.38. The van der Waals surface area contributed by atoms with E-state index >= 15 is 0 Å². The van der Waals surface area contributed by atoms with Crippen LogP contribution in [0.5, 0.6) is 5.75 Å². The van der Waals surface area contributed by atoms with Gasteiger partial charge in [0.25, 0.3) is 0 Å². The van der Waals surface area contributed by atoms with Gasteiger partial charge in [0.2, 0.25) is 5.91 Å². The number of aryl methyl sites for hydroxylation is 1. The largest absolute Gasteiger partial charge is 0.496 e. The number of ether oxygens (including phenoxy) is 1. The number of nitrogens with zero attached hydrogens (tertiary/aromatic N) is 4. The monoisotopic (exact) mass is 447 g/mol. The van der Waals surface area contributed by atoms with Crippen LogP contribution in [0.4, 0.5) is 4.39 Å². The first-order chi connectivity index (χ1) is 13.5. The zero-order chi connectivity index (χ0) is 20.1. The summed E-state index contributed by atoms with van der Waals surface area (Å²) in [6, 6.07) is 11.0. The Bertz CT molecular complexity index is 961. The summed E-state index contributed by atoms with van der Waals surface area (Å²) in [6.07, 6.45) is 0.338. The SMILES string of the molecule is COc1ccc(CNC(=O)C(Cc2ccc(F)cc2)n2nnnc2C)cc1Br. The minimum atomic E-state index is -0.651. The maximum absolute atomic E-state index is 13.2. The van der Waals surface area contributed by atoms with E-state index in [1.165, 1.54) is 16.8 Å². The highest BCUT2D eigenvalue weighted by molar-refractivity contribution is 9.10. The third-order valence-corrected chi connectivity index (χ3v) is 4.90. The van der Waals surface area contributed by atoms with Crippen LogP contribution in [-0.2, 0) is 17.8 Å². The molecule has 0 saturated carbocycles. The maximum atomic E-state index is 13.2. The topological polar surface area (TPSA) is 81.9 Å². The first kappa shape index (κ1) is 19.9. The highest BCUT2D eigenvalue weighted by Gasteiger charge is 2.24. The van der Waals surface area contributed by atoms with E-state index < -0.39 is 6.04 Å². The smallest absolute Gasteiger partial charge is 0.245 e. The summed E-state index contributed by atoms with van der Waals surface area (Å²) in [4.78, 5) is 12.9. The van der Waals surface area contributed by atoms with Crippen molar-refractivity contribution in [3.63, 3.8) is 0 Å². The van der Waals surface area contributed by atoms with E-state index in [1.54, 1.807) is 26.2 Å². The van der Waals surface area contributed by atoms with Crippen LogP contribution in [0.2, 0.25) is 0 Å². The number of carbonyl (C=O) groups is 1. The molecule has 1 N–H and O–H groups in total. The first-order valence-electron chi connectivity index (χ1n) is 8.57. The average Bonchev–Trinajstić information content (AvgIpc) is 3.11. The fraction of sp³-hybridized carbons (Fsp3) is 0.263. The molecular weight excluding hydrogens is 429 g/mol. The van der Waals surface area contributed by atoms with E-state index in [-0.39, 0.29) is 11.7 Å². The number of aromatic nitrogens is 4. The summed E-state index contributed by atoms with van der Waals surface area (Å²) < 4.78 is 20.7. The molecule has 0 bridgehead atoms. The molecule has 3 rings (SSSR count). The van der Waals surface area contributed by atoms with Crippen molar-refractivity contribution < 1.29 is 13.9 Å². The summed E-state index contributed by atoms with van der Waals surface area (Å²) in [5.74, 6) is 0.683. The average molecular weight is 448 g/mol. The third kappa shape index (κ3) is 4.72. The van der Waals surface area contributed by atoms with Crippen LogP contribution in [0.25, 0.3) is 0 Å². The fourth-order valence-electron chi connectivity index (χ4n) is 2.79. The summed E-state index contributed by atoms with van der Waals surface area (Å²) in [7, 11) is 1.59. The Kier molecular flexibility index (Phi) is 6.35. The van der Waals surface area contributed by atoms with Crippen LogP contribution >= 0.6 is 15.9 Å². The Labute approximate surface area is 170 Å². The Morgan fingerprint density at radius 2 is 1.96 bits per heavy atom. The molecule has 28 heavy (non-hydrogen) atoms. The lowest BCUT2D eigenvalue weighted by atomic mass is 10.0. The van der Waals surface area contributed by atoms with E-state index in [4.69, 9.17) is 4.74 Å². The van der Waals surface area contributed by atoms with Crippen LogP contribution in [0, 0.1) is 12.7 Å². The number of amides is 1. The lowest BCUT2D eigenvalue weighted by molar-refractivity contribution is -0.124. The molecule has 146 valence electrons. The van der Waals surface area contributed by atoms with E-state index in [9.17, 15) is 9.18 Å². The van der Waals surface area contributed by atoms with Crippen molar-refractivity contribution in [2.75, 3.05) is 7.11 Å². The van der Waals surface area contributed by atoms with Crippen LogP contribution in [0.15, 0.2) is 46.9 Å². The molecule has 2 aromatic carbocycles. The zero-order valence-corrected chi connectivity index (χ0v) is 17.0. The van der Waals surface area contributed by atoms with Gasteiger partial charge in [-0.3, -0.25) is 4.79 Å². The van der Waals surface area contributed by atoms with E-state index in [2.05, 4.69) is 36.8 Å². The van der Waals surface area contributed by atoms with Crippen molar-refractivity contribution >= 4 is 21.8 Å². The molecule has 1 amide bonds. The molecular formula is C19H19BrFN5O2. The Hall–Kier alpha value is -2.81. The number of benzene rings is 2. The molecule has 7 nitrogen and oxygen atoms in total. The van der Waals surface area contributed by atoms with Gasteiger partial charge in [0.05, 0.1) is 11.6 Å². The van der Waals surface area contributed by atoms with Crippen LogP contribution in [0.3, 0.4) is 0 Å². The van der Waals surface area contributed by atoms with Gasteiger partial charge in [0.15, 0.2) is 0 Å². The van der Waals surface area contributed by atoms with Gasteiger partial charge in [-0.05, 0) is 68.7 Å². The van der Waals surface area contributed by atoms with Crippen molar-refractivity contribution in [1.29, 1.82) is 0 Å². The van der Waals surface area contributed by atoms with Crippen molar-refractivity contribution in [3.05, 3.63) is 69.7 Å². The first-order valence-corrected chi connectivity index (χ1v) is 9.36. The zero-order valence-electron chi connectivity index (χ0n) is 15.4. The number of tetrazole rings is 1. The molecule has 9 heteroatoms. The number of carbonyl (C=O) groups excluding carboxylic acids is 1. The molecule has 1 aromatic heterocycles. The van der Waals surface area contributed by atoms with Gasteiger partial charge in [-0.2, -0.15) is 0 Å². The van der Waals surface area contributed by atoms with Gasteiger partial charge < -0.3 is 10.1 Å². The minimum absolute atomic E-state index is 0.230. The van der Waals surface area contributed by atoms with Gasteiger partial charge in [0.1, 0.15) is 23.4 Å². The van der Waals surface area contributed by atoms with E-state index in [0.717, 1.165) is 15.6 Å². The van der Waals surface area contributed by atoms with Gasteiger partial charge in [-0.25, -0.2) is 9.07 Å². The Morgan fingerprint density at radius 1 is 1.25 bits per heavy atom. The van der Waals surface area contributed by atoms with Crippen LogP contribution in [0.1, 0.15) is 23.0 Å². The second-order valence-corrected chi connectivity index (χ2v) is 7.06. The van der Waals surface area contributed by atoms with Crippen molar-refractivity contribution in [2.24, 2.45) is 0 Å². The molecule has 0 aliphatic heterocycles. The predicted molar refractivity (Wildman–Crippen MR) is 104 cm³/mol. The summed E-state index contributed by atoms with van der Waals surface area (Å²) in [6.45, 7) is 2.06. The molecule has 1 atom stereocenters. The molecule has 0 saturated heterocycles. The number of halogens is 2. The van der Waals surface area contributed by atoms with Gasteiger partial charge in [0, 0.05) is 13.0 Å². The van der Waals surface area contributed by atoms with Crippen molar-refractivity contribution in [2.45, 2.75) is 25.9 Å². The molecule has 0 aliphatic carbocycles. The number of hydrogen-bond donors (Lipinski definition) is 1. The van der Waals surface area contributed by atoms with E-state index in [0.29, 0.717) is 24.5 Å². The second kappa shape index (κ2) is 8.92. The lowest BCUT2D eigenvalue weighted by Crippen LogP contribution is -2.34. The number of nitrogens with one attached hydrogen (secondary N) is 1. The van der Waals surface area contributed by atoms with Crippen LogP contribution < -0.4 is 10.1 Å².